The summed E-state index contributed by atoms with van der Waals surface area (Å²) in [5.41, 5.74) is 0.848. The number of carbonyl (C=O) groups excluding carboxylic acids is 1. The molecule has 1 unspecified atom stereocenters. The average Bonchev–Trinajstić information content (AvgIpc) is 2.93. The van der Waals surface area contributed by atoms with Crippen LogP contribution in [0.3, 0.4) is 0 Å². The molecule has 0 radical (unpaired) electrons. The van der Waals surface area contributed by atoms with Gasteiger partial charge in [0.15, 0.2) is 0 Å². The van der Waals surface area contributed by atoms with Gasteiger partial charge in [0, 0.05) is 5.75 Å². The third-order valence-corrected chi connectivity index (χ3v) is 4.62. The van der Waals surface area contributed by atoms with Gasteiger partial charge in [0.2, 0.25) is 0 Å². The molecule has 1 aliphatic rings. The fraction of sp³-hybridized carbons (Fsp3) is 0.182. The van der Waals surface area contributed by atoms with Crippen LogP contribution in [0, 0.1) is 0 Å². The molecule has 4 nitrogen and oxygen atoms in total. The molecule has 0 spiro atoms. The number of aromatic nitrogens is 1. The first kappa shape index (κ1) is 10.7. The first-order chi connectivity index (χ1) is 8.26. The van der Waals surface area contributed by atoms with Gasteiger partial charge in [-0.25, -0.2) is 4.98 Å². The highest BCUT2D eigenvalue weighted by atomic mass is 32.2. The molecule has 1 N–H and O–H groups in total. The van der Waals surface area contributed by atoms with Crippen molar-refractivity contribution in [2.45, 2.75) is 6.04 Å². The fourth-order valence-corrected chi connectivity index (χ4v) is 3.63. The first-order valence-electron chi connectivity index (χ1n) is 5.02. The second-order valence-corrected chi connectivity index (χ2v) is 5.66. The van der Waals surface area contributed by atoms with E-state index in [1.54, 1.807) is 30.0 Å². The van der Waals surface area contributed by atoms with Crippen LogP contribution in [0.15, 0.2) is 23.2 Å². The van der Waals surface area contributed by atoms with E-state index in [0.29, 0.717) is 5.75 Å². The van der Waals surface area contributed by atoms with E-state index in [1.165, 1.54) is 11.3 Å². The maximum atomic E-state index is 10.6. The normalized spacial score (nSPS) is 19.5. The summed E-state index contributed by atoms with van der Waals surface area (Å²) in [6.07, 6.45) is 0.860. The fourth-order valence-electron chi connectivity index (χ4n) is 1.58. The van der Waals surface area contributed by atoms with Crippen molar-refractivity contribution >= 4 is 44.6 Å². The van der Waals surface area contributed by atoms with Gasteiger partial charge < -0.3 is 9.90 Å². The van der Waals surface area contributed by atoms with Crippen molar-refractivity contribution in [2.75, 3.05) is 5.75 Å². The molecule has 17 heavy (non-hydrogen) atoms. The van der Waals surface area contributed by atoms with E-state index in [2.05, 4.69) is 9.98 Å². The van der Waals surface area contributed by atoms with Crippen molar-refractivity contribution in [3.05, 3.63) is 23.2 Å². The van der Waals surface area contributed by atoms with Crippen molar-refractivity contribution in [1.82, 2.24) is 4.98 Å². The number of phenols is 1. The second-order valence-electron chi connectivity index (χ2n) is 3.62. The first-order valence-corrected chi connectivity index (χ1v) is 6.82. The summed E-state index contributed by atoms with van der Waals surface area (Å²) >= 11 is 3.03. The highest BCUT2D eigenvalue weighted by Gasteiger charge is 2.21. The van der Waals surface area contributed by atoms with Crippen LogP contribution >= 0.6 is 23.1 Å². The molecule has 1 atom stereocenters. The highest BCUT2D eigenvalue weighted by Crippen LogP contribution is 2.30. The number of hydrogen-bond acceptors (Lipinski definition) is 6. The van der Waals surface area contributed by atoms with Crippen molar-refractivity contribution in [3.8, 4) is 5.75 Å². The third-order valence-electron chi connectivity index (χ3n) is 2.39. The van der Waals surface area contributed by atoms with Gasteiger partial charge >= 0.3 is 0 Å². The van der Waals surface area contributed by atoms with Gasteiger partial charge in [-0.1, -0.05) is 0 Å². The van der Waals surface area contributed by atoms with E-state index in [4.69, 9.17) is 0 Å². The number of hydrogen-bond donors (Lipinski definition) is 1. The minimum absolute atomic E-state index is 0.236. The SMILES string of the molecule is O=CC1CSC(c2nc3ccc(O)cc3s2)=N1. The zero-order valence-corrected chi connectivity index (χ0v) is 10.3. The van der Waals surface area contributed by atoms with Gasteiger partial charge in [-0.2, -0.15) is 0 Å². The summed E-state index contributed by atoms with van der Waals surface area (Å²) in [6.45, 7) is 0. The molecule has 0 fully saturated rings. The average molecular weight is 264 g/mol. The summed E-state index contributed by atoms with van der Waals surface area (Å²) in [4.78, 5) is 19.4. The van der Waals surface area contributed by atoms with Crippen molar-refractivity contribution in [2.24, 2.45) is 4.99 Å². The standard InChI is InChI=1S/C11H8N2O2S2/c14-4-6-5-16-10(12-6)11-13-8-2-1-7(15)3-9(8)17-11/h1-4,6,15H,5H2. The summed E-state index contributed by atoms with van der Waals surface area (Å²) in [6, 6.07) is 4.84. The molecule has 1 aromatic carbocycles. The Morgan fingerprint density at radius 2 is 2.35 bits per heavy atom. The van der Waals surface area contributed by atoms with Crippen molar-refractivity contribution < 1.29 is 9.90 Å². The van der Waals surface area contributed by atoms with Crippen LogP contribution in [-0.4, -0.2) is 33.2 Å². The second kappa shape index (κ2) is 4.12. The highest BCUT2D eigenvalue weighted by molar-refractivity contribution is 8.15. The Morgan fingerprint density at radius 1 is 1.47 bits per heavy atom. The van der Waals surface area contributed by atoms with Crippen LogP contribution in [-0.2, 0) is 4.79 Å². The largest absolute Gasteiger partial charge is 0.508 e. The summed E-state index contributed by atoms with van der Waals surface area (Å²) in [7, 11) is 0. The van der Waals surface area contributed by atoms with E-state index in [-0.39, 0.29) is 11.8 Å². The Balaban J connectivity index is 2.04. The van der Waals surface area contributed by atoms with Crippen LogP contribution in [0.4, 0.5) is 0 Å². The van der Waals surface area contributed by atoms with Gasteiger partial charge in [-0.15, -0.1) is 23.1 Å². The molecule has 2 heterocycles. The topological polar surface area (TPSA) is 62.5 Å². The molecule has 1 aliphatic heterocycles. The number of aromatic hydroxyl groups is 1. The predicted octanol–water partition coefficient (Wildman–Crippen LogP) is 2.06. The van der Waals surface area contributed by atoms with Crippen LogP contribution in [0.25, 0.3) is 10.2 Å². The number of benzene rings is 1. The zero-order valence-electron chi connectivity index (χ0n) is 8.66. The third kappa shape index (κ3) is 1.94. The lowest BCUT2D eigenvalue weighted by molar-refractivity contribution is -0.108. The lowest BCUT2D eigenvalue weighted by atomic mass is 10.3. The molecule has 1 aromatic heterocycles. The van der Waals surface area contributed by atoms with Crippen LogP contribution in [0.2, 0.25) is 0 Å². The minimum atomic E-state index is -0.240. The number of thiazole rings is 1. The molecule has 0 saturated heterocycles. The Morgan fingerprint density at radius 3 is 3.12 bits per heavy atom. The molecule has 86 valence electrons. The van der Waals surface area contributed by atoms with Gasteiger partial charge in [-0.05, 0) is 18.2 Å². The van der Waals surface area contributed by atoms with E-state index >= 15 is 0 Å². The molecular formula is C11H8N2O2S2. The molecule has 0 amide bonds. The Bertz CT molecular complexity index is 621. The van der Waals surface area contributed by atoms with Gasteiger partial charge in [-0.3, -0.25) is 4.99 Å². The number of rotatable bonds is 2. The maximum absolute atomic E-state index is 10.6. The number of nitrogens with zero attached hydrogens (tertiary/aromatic N) is 2. The summed E-state index contributed by atoms with van der Waals surface area (Å²) in [5, 5.41) is 11.0. The van der Waals surface area contributed by atoms with Crippen molar-refractivity contribution in [1.29, 1.82) is 0 Å². The maximum Gasteiger partial charge on any atom is 0.149 e. The molecule has 0 saturated carbocycles. The lowest BCUT2D eigenvalue weighted by Crippen LogP contribution is -2.03. The molecule has 0 bridgehead atoms. The predicted molar refractivity (Wildman–Crippen MR) is 70.1 cm³/mol. The molecule has 6 heteroatoms. The van der Waals surface area contributed by atoms with Crippen molar-refractivity contribution in [3.63, 3.8) is 0 Å². The quantitative estimate of drug-likeness (QED) is 0.843. The number of carbonyl (C=O) groups is 1. The smallest absolute Gasteiger partial charge is 0.149 e. The Hall–Kier alpha value is -1.40. The number of aldehydes is 1. The summed E-state index contributed by atoms with van der Waals surface area (Å²) in [5.74, 6) is 0.930. The van der Waals surface area contributed by atoms with Crippen LogP contribution in [0.5, 0.6) is 5.75 Å². The van der Waals surface area contributed by atoms with Crippen LogP contribution in [0.1, 0.15) is 5.01 Å². The lowest BCUT2D eigenvalue weighted by Gasteiger charge is -1.89. The molecule has 3 rings (SSSR count). The minimum Gasteiger partial charge on any atom is -0.508 e. The van der Waals surface area contributed by atoms with Gasteiger partial charge in [0.05, 0.1) is 10.2 Å². The molecule has 2 aromatic rings. The zero-order chi connectivity index (χ0) is 11.8. The number of phenolic OH excluding ortho intramolecular Hbond substituents is 1. The monoisotopic (exact) mass is 264 g/mol. The van der Waals surface area contributed by atoms with E-state index in [1.807, 2.05) is 0 Å². The Kier molecular flexibility index (Phi) is 2.60. The summed E-state index contributed by atoms with van der Waals surface area (Å²) < 4.78 is 0.929. The Labute approximate surface area is 105 Å². The molecule has 0 aliphatic carbocycles. The van der Waals surface area contributed by atoms with E-state index < -0.39 is 0 Å². The van der Waals surface area contributed by atoms with Crippen LogP contribution < -0.4 is 0 Å². The molecular weight excluding hydrogens is 256 g/mol. The van der Waals surface area contributed by atoms with Gasteiger partial charge in [0.25, 0.3) is 0 Å². The number of fused-ring (bicyclic) bond motifs is 1. The van der Waals surface area contributed by atoms with Gasteiger partial charge in [0.1, 0.15) is 28.1 Å². The van der Waals surface area contributed by atoms with E-state index in [9.17, 15) is 9.90 Å². The number of thioether (sulfide) groups is 1. The number of aliphatic imine (C=N–C) groups is 1. The van der Waals surface area contributed by atoms with E-state index in [0.717, 1.165) is 26.6 Å².